The van der Waals surface area contributed by atoms with E-state index in [0.717, 1.165) is 25.2 Å². The third kappa shape index (κ3) is 2.17. The maximum absolute atomic E-state index is 5.80. The van der Waals surface area contributed by atoms with E-state index in [2.05, 4.69) is 48.5 Å². The predicted octanol–water partition coefficient (Wildman–Crippen LogP) is 4.26. The van der Waals surface area contributed by atoms with Gasteiger partial charge in [0.2, 0.25) is 0 Å². The molecule has 0 unspecified atom stereocenters. The molecule has 0 aromatic heterocycles. The number of rotatable bonds is 2. The minimum Gasteiger partial charge on any atom is -0.497 e. The van der Waals surface area contributed by atoms with Gasteiger partial charge in [0.05, 0.1) is 6.61 Å². The zero-order valence-electron chi connectivity index (χ0n) is 10.3. The summed E-state index contributed by atoms with van der Waals surface area (Å²) in [5, 5.41) is 0. The molecule has 1 heterocycles. The molecule has 2 aromatic carbocycles. The van der Waals surface area contributed by atoms with Crippen molar-refractivity contribution in [1.82, 2.24) is 0 Å². The van der Waals surface area contributed by atoms with E-state index >= 15 is 0 Å². The summed E-state index contributed by atoms with van der Waals surface area (Å²) < 4.78 is 5.80. The zero-order valence-corrected chi connectivity index (χ0v) is 10.3. The van der Waals surface area contributed by atoms with Gasteiger partial charge in [0.15, 0.2) is 0 Å². The smallest absolute Gasteiger partial charge is 0.104 e. The van der Waals surface area contributed by atoms with Crippen LogP contribution >= 0.6 is 0 Å². The van der Waals surface area contributed by atoms with Crippen LogP contribution in [0.25, 0.3) is 5.57 Å². The van der Waals surface area contributed by atoms with Crippen molar-refractivity contribution in [1.29, 1.82) is 0 Å². The summed E-state index contributed by atoms with van der Waals surface area (Å²) in [5.74, 6) is 1.13. The molecule has 0 N–H and O–H groups in total. The van der Waals surface area contributed by atoms with Crippen molar-refractivity contribution in [2.24, 2.45) is 0 Å². The van der Waals surface area contributed by atoms with E-state index in [-0.39, 0.29) is 0 Å². The fourth-order valence-electron chi connectivity index (χ4n) is 2.40. The van der Waals surface area contributed by atoms with Gasteiger partial charge in [-0.05, 0) is 17.5 Å². The van der Waals surface area contributed by atoms with E-state index in [4.69, 9.17) is 4.74 Å². The fourth-order valence-corrected chi connectivity index (χ4v) is 2.40. The Bertz CT molecular complexity index is 491. The number of benzene rings is 2. The van der Waals surface area contributed by atoms with Crippen LogP contribution in [0, 0.1) is 0 Å². The lowest BCUT2D eigenvalue weighted by atomic mass is 9.96. The molecule has 18 heavy (non-hydrogen) atoms. The molecule has 2 aromatic rings. The Morgan fingerprint density at radius 3 is 1.78 bits per heavy atom. The second-order valence-electron chi connectivity index (χ2n) is 4.48. The van der Waals surface area contributed by atoms with Crippen molar-refractivity contribution in [3.63, 3.8) is 0 Å². The first-order valence-electron chi connectivity index (χ1n) is 6.42. The molecule has 0 radical (unpaired) electrons. The second-order valence-corrected chi connectivity index (χ2v) is 4.48. The van der Waals surface area contributed by atoms with Crippen molar-refractivity contribution >= 4 is 5.57 Å². The summed E-state index contributed by atoms with van der Waals surface area (Å²) in [4.78, 5) is 0. The van der Waals surface area contributed by atoms with Crippen LogP contribution in [0.4, 0.5) is 0 Å². The molecule has 90 valence electrons. The minimum atomic E-state index is 0.846. The molecular weight excluding hydrogens is 220 g/mol. The van der Waals surface area contributed by atoms with Crippen molar-refractivity contribution in [3.05, 3.63) is 77.5 Å². The molecule has 0 bridgehead atoms. The Labute approximate surface area is 108 Å². The van der Waals surface area contributed by atoms with Gasteiger partial charge < -0.3 is 4.74 Å². The molecule has 1 aliphatic heterocycles. The SMILES string of the molecule is c1ccc(C(=C2CCCO2)c2ccccc2)cc1. The second kappa shape index (κ2) is 5.09. The highest BCUT2D eigenvalue weighted by Gasteiger charge is 2.16. The van der Waals surface area contributed by atoms with E-state index in [1.54, 1.807) is 0 Å². The molecule has 1 aliphatic rings. The topological polar surface area (TPSA) is 9.23 Å². The van der Waals surface area contributed by atoms with Gasteiger partial charge in [-0.1, -0.05) is 60.7 Å². The lowest BCUT2D eigenvalue weighted by molar-refractivity contribution is 0.265. The maximum Gasteiger partial charge on any atom is 0.104 e. The highest BCUT2D eigenvalue weighted by atomic mass is 16.5. The van der Waals surface area contributed by atoms with Gasteiger partial charge in [0.25, 0.3) is 0 Å². The van der Waals surface area contributed by atoms with E-state index in [1.807, 2.05) is 12.1 Å². The van der Waals surface area contributed by atoms with Crippen LogP contribution in [0.3, 0.4) is 0 Å². The molecule has 0 aliphatic carbocycles. The Morgan fingerprint density at radius 1 is 0.778 bits per heavy atom. The summed E-state index contributed by atoms with van der Waals surface area (Å²) >= 11 is 0. The third-order valence-electron chi connectivity index (χ3n) is 3.23. The molecule has 3 rings (SSSR count). The van der Waals surface area contributed by atoms with Gasteiger partial charge in [-0.25, -0.2) is 0 Å². The van der Waals surface area contributed by atoms with Crippen LogP contribution in [0.5, 0.6) is 0 Å². The Balaban J connectivity index is 2.14. The first kappa shape index (κ1) is 11.1. The third-order valence-corrected chi connectivity index (χ3v) is 3.23. The van der Waals surface area contributed by atoms with E-state index in [0.29, 0.717) is 0 Å². The summed E-state index contributed by atoms with van der Waals surface area (Å²) in [6, 6.07) is 21.0. The van der Waals surface area contributed by atoms with Crippen molar-refractivity contribution in [3.8, 4) is 0 Å². The summed E-state index contributed by atoms with van der Waals surface area (Å²) in [5.41, 5.74) is 3.72. The minimum absolute atomic E-state index is 0.846. The monoisotopic (exact) mass is 236 g/mol. The number of ether oxygens (including phenoxy) is 1. The lowest BCUT2D eigenvalue weighted by Crippen LogP contribution is -1.93. The predicted molar refractivity (Wildman–Crippen MR) is 74.1 cm³/mol. The van der Waals surface area contributed by atoms with Crippen LogP contribution in [0.15, 0.2) is 66.4 Å². The lowest BCUT2D eigenvalue weighted by Gasteiger charge is -2.12. The highest BCUT2D eigenvalue weighted by Crippen LogP contribution is 2.32. The van der Waals surface area contributed by atoms with Crippen LogP contribution < -0.4 is 0 Å². The van der Waals surface area contributed by atoms with Gasteiger partial charge in [-0.15, -0.1) is 0 Å². The normalized spacial score (nSPS) is 14.3. The maximum atomic E-state index is 5.80. The van der Waals surface area contributed by atoms with Crippen molar-refractivity contribution in [2.45, 2.75) is 12.8 Å². The van der Waals surface area contributed by atoms with Gasteiger partial charge in [0.1, 0.15) is 5.76 Å². The van der Waals surface area contributed by atoms with E-state index in [1.165, 1.54) is 16.7 Å². The summed E-state index contributed by atoms with van der Waals surface area (Å²) in [6.45, 7) is 0.846. The molecule has 1 fully saturated rings. The first-order chi connectivity index (χ1) is 8.95. The number of hydrogen-bond acceptors (Lipinski definition) is 1. The van der Waals surface area contributed by atoms with Gasteiger partial charge in [-0.2, -0.15) is 0 Å². The zero-order chi connectivity index (χ0) is 12.2. The summed E-state index contributed by atoms with van der Waals surface area (Å²) in [6.07, 6.45) is 2.16. The average molecular weight is 236 g/mol. The molecular formula is C17H16O. The van der Waals surface area contributed by atoms with Crippen LogP contribution in [-0.4, -0.2) is 6.61 Å². The van der Waals surface area contributed by atoms with Gasteiger partial charge in [-0.3, -0.25) is 0 Å². The fraction of sp³-hybridized carbons (Fsp3) is 0.176. The van der Waals surface area contributed by atoms with Gasteiger partial charge in [0, 0.05) is 12.0 Å². The molecule has 1 nitrogen and oxygen atoms in total. The Kier molecular flexibility index (Phi) is 3.14. The average Bonchev–Trinajstić information content (AvgIpc) is 2.95. The highest BCUT2D eigenvalue weighted by molar-refractivity contribution is 5.81. The quantitative estimate of drug-likeness (QED) is 0.757. The first-order valence-corrected chi connectivity index (χ1v) is 6.42. The van der Waals surface area contributed by atoms with Crippen molar-refractivity contribution in [2.75, 3.05) is 6.61 Å². The molecule has 1 heteroatoms. The van der Waals surface area contributed by atoms with Crippen LogP contribution in [0.2, 0.25) is 0 Å². The Morgan fingerprint density at radius 2 is 1.33 bits per heavy atom. The van der Waals surface area contributed by atoms with Crippen LogP contribution in [-0.2, 0) is 4.74 Å². The standard InChI is InChI=1S/C17H16O/c1-3-8-14(9-4-1)17(16-12-7-13-18-16)15-10-5-2-6-11-15/h1-6,8-11H,7,12-13H2. The van der Waals surface area contributed by atoms with E-state index in [9.17, 15) is 0 Å². The van der Waals surface area contributed by atoms with E-state index < -0.39 is 0 Å². The number of allylic oxidation sites excluding steroid dienone is 1. The molecule has 0 saturated carbocycles. The van der Waals surface area contributed by atoms with Gasteiger partial charge >= 0.3 is 0 Å². The van der Waals surface area contributed by atoms with Crippen LogP contribution in [0.1, 0.15) is 24.0 Å². The Hall–Kier alpha value is -2.02. The molecule has 1 saturated heterocycles. The molecule has 0 amide bonds. The molecule has 0 atom stereocenters. The van der Waals surface area contributed by atoms with Crippen molar-refractivity contribution < 1.29 is 4.74 Å². The number of hydrogen-bond donors (Lipinski definition) is 0. The molecule has 0 spiro atoms. The largest absolute Gasteiger partial charge is 0.497 e. The summed E-state index contributed by atoms with van der Waals surface area (Å²) in [7, 11) is 0.